The molecule has 0 atom stereocenters. The first-order valence-electron chi connectivity index (χ1n) is 8.41. The maximum absolute atomic E-state index is 5.61. The fraction of sp³-hybridized carbons (Fsp3) is 0.421. The highest BCUT2D eigenvalue weighted by molar-refractivity contribution is 5.79. The van der Waals surface area contributed by atoms with E-state index in [1.165, 1.54) is 11.1 Å². The zero-order valence-corrected chi connectivity index (χ0v) is 14.7. The summed E-state index contributed by atoms with van der Waals surface area (Å²) in [4.78, 5) is 4.61. The van der Waals surface area contributed by atoms with Crippen LogP contribution in [-0.2, 0) is 24.4 Å². The number of aliphatic imine (C=N–C) groups is 1. The largest absolute Gasteiger partial charge is 0.467 e. The zero-order chi connectivity index (χ0) is 17.2. The van der Waals surface area contributed by atoms with Crippen LogP contribution in [0.15, 0.2) is 52.1 Å². The Morgan fingerprint density at radius 3 is 2.50 bits per heavy atom. The Labute approximate surface area is 144 Å². The van der Waals surface area contributed by atoms with Gasteiger partial charge in [-0.3, -0.25) is 0 Å². The number of hydrogen-bond acceptors (Lipinski definition) is 3. The van der Waals surface area contributed by atoms with Crippen molar-refractivity contribution in [3.63, 3.8) is 0 Å². The normalized spacial score (nSPS) is 11.8. The highest BCUT2D eigenvalue weighted by Crippen LogP contribution is 2.08. The Balaban J connectivity index is 1.87. The molecule has 1 aromatic carbocycles. The molecule has 0 fully saturated rings. The summed E-state index contributed by atoms with van der Waals surface area (Å²) in [7, 11) is 0. The molecule has 0 unspecified atom stereocenters. The second kappa shape index (κ2) is 9.78. The number of rotatable bonds is 8. The van der Waals surface area contributed by atoms with Crippen molar-refractivity contribution >= 4 is 5.96 Å². The molecule has 0 saturated carbocycles. The predicted octanol–water partition coefficient (Wildman–Crippen LogP) is 3.46. The van der Waals surface area contributed by atoms with Crippen molar-refractivity contribution in [2.45, 2.75) is 46.6 Å². The van der Waals surface area contributed by atoms with E-state index in [0.717, 1.165) is 18.3 Å². The van der Waals surface area contributed by atoms with Gasteiger partial charge in [-0.15, -0.1) is 0 Å². The Morgan fingerprint density at radius 2 is 1.88 bits per heavy atom. The molecule has 0 aliphatic rings. The van der Waals surface area contributed by atoms with E-state index in [-0.39, 0.29) is 6.10 Å². The van der Waals surface area contributed by atoms with Crippen LogP contribution in [0.4, 0.5) is 0 Å². The highest BCUT2D eigenvalue weighted by atomic mass is 16.5. The first-order chi connectivity index (χ1) is 11.7. The molecule has 130 valence electrons. The molecule has 2 aromatic rings. The first kappa shape index (κ1) is 18.1. The van der Waals surface area contributed by atoms with Gasteiger partial charge in [0, 0.05) is 6.54 Å². The summed E-state index contributed by atoms with van der Waals surface area (Å²) in [6, 6.07) is 12.2. The summed E-state index contributed by atoms with van der Waals surface area (Å²) in [5.74, 6) is 1.66. The Kier molecular flexibility index (Phi) is 7.36. The molecule has 2 N–H and O–H groups in total. The summed E-state index contributed by atoms with van der Waals surface area (Å²) in [6.45, 7) is 8.84. The van der Waals surface area contributed by atoms with E-state index in [2.05, 4.69) is 39.9 Å². The van der Waals surface area contributed by atoms with E-state index in [0.29, 0.717) is 19.7 Å². The minimum atomic E-state index is 0.247. The lowest BCUT2D eigenvalue weighted by Crippen LogP contribution is -2.36. The van der Waals surface area contributed by atoms with Gasteiger partial charge >= 0.3 is 0 Å². The van der Waals surface area contributed by atoms with Crippen LogP contribution in [-0.4, -0.2) is 18.6 Å². The molecule has 1 aromatic heterocycles. The Morgan fingerprint density at radius 1 is 1.12 bits per heavy atom. The van der Waals surface area contributed by atoms with Crippen molar-refractivity contribution in [3.8, 4) is 0 Å². The highest BCUT2D eigenvalue weighted by Gasteiger charge is 2.01. The zero-order valence-electron chi connectivity index (χ0n) is 14.7. The number of guanidine groups is 1. The SMILES string of the molecule is CCNC(=NCc1ccc(COC(C)C)cc1)NCc1ccco1. The standard InChI is InChI=1S/C19H27N3O2/c1-4-20-19(22-13-18-6-5-11-23-18)21-12-16-7-9-17(10-8-16)14-24-15(2)3/h5-11,15H,4,12-14H2,1-3H3,(H2,20,21,22). The quantitative estimate of drug-likeness (QED) is 0.575. The minimum absolute atomic E-state index is 0.247. The van der Waals surface area contributed by atoms with E-state index in [1.54, 1.807) is 6.26 Å². The van der Waals surface area contributed by atoms with Crippen molar-refractivity contribution in [3.05, 3.63) is 59.5 Å². The fourth-order valence-electron chi connectivity index (χ4n) is 2.10. The van der Waals surface area contributed by atoms with Gasteiger partial charge in [0.1, 0.15) is 5.76 Å². The van der Waals surface area contributed by atoms with Crippen LogP contribution in [0.25, 0.3) is 0 Å². The molecule has 0 bridgehead atoms. The van der Waals surface area contributed by atoms with Crippen LogP contribution in [0.3, 0.4) is 0 Å². The summed E-state index contributed by atoms with van der Waals surface area (Å²) < 4.78 is 10.9. The van der Waals surface area contributed by atoms with Crippen molar-refractivity contribution in [2.24, 2.45) is 4.99 Å². The summed E-state index contributed by atoms with van der Waals surface area (Å²) in [5, 5.41) is 6.50. The van der Waals surface area contributed by atoms with Crippen LogP contribution in [0.5, 0.6) is 0 Å². The van der Waals surface area contributed by atoms with E-state index in [4.69, 9.17) is 9.15 Å². The molecule has 5 heteroatoms. The Bertz CT molecular complexity index is 604. The number of nitrogens with one attached hydrogen (secondary N) is 2. The van der Waals surface area contributed by atoms with Gasteiger partial charge in [0.05, 0.1) is 32.1 Å². The van der Waals surface area contributed by atoms with Crippen LogP contribution >= 0.6 is 0 Å². The van der Waals surface area contributed by atoms with E-state index < -0.39 is 0 Å². The van der Waals surface area contributed by atoms with Gasteiger partial charge in [-0.1, -0.05) is 24.3 Å². The maximum atomic E-state index is 5.61. The number of hydrogen-bond donors (Lipinski definition) is 2. The average molecular weight is 329 g/mol. The van der Waals surface area contributed by atoms with Gasteiger partial charge in [0.15, 0.2) is 5.96 Å². The number of furan rings is 1. The summed E-state index contributed by atoms with van der Waals surface area (Å²) in [5.41, 5.74) is 2.35. The van der Waals surface area contributed by atoms with E-state index in [1.807, 2.05) is 32.9 Å². The molecule has 5 nitrogen and oxygen atoms in total. The van der Waals surface area contributed by atoms with Gasteiger partial charge in [-0.25, -0.2) is 4.99 Å². The van der Waals surface area contributed by atoms with Crippen molar-refractivity contribution < 1.29 is 9.15 Å². The Hall–Kier alpha value is -2.27. The number of ether oxygens (including phenoxy) is 1. The molecule has 0 radical (unpaired) electrons. The average Bonchev–Trinajstić information content (AvgIpc) is 3.10. The molecule has 2 rings (SSSR count). The molecule has 0 saturated heterocycles. The smallest absolute Gasteiger partial charge is 0.191 e. The monoisotopic (exact) mass is 329 g/mol. The lowest BCUT2D eigenvalue weighted by Gasteiger charge is -2.10. The number of nitrogens with zero attached hydrogens (tertiary/aromatic N) is 1. The molecule has 0 spiro atoms. The predicted molar refractivity (Wildman–Crippen MR) is 96.7 cm³/mol. The number of benzene rings is 1. The van der Waals surface area contributed by atoms with Gasteiger partial charge in [-0.2, -0.15) is 0 Å². The second-order valence-electron chi connectivity index (χ2n) is 5.80. The third-order valence-corrected chi connectivity index (χ3v) is 3.38. The van der Waals surface area contributed by atoms with Gasteiger partial charge < -0.3 is 19.8 Å². The van der Waals surface area contributed by atoms with Gasteiger partial charge in [0.2, 0.25) is 0 Å². The maximum Gasteiger partial charge on any atom is 0.191 e. The summed E-state index contributed by atoms with van der Waals surface area (Å²) >= 11 is 0. The van der Waals surface area contributed by atoms with Crippen LogP contribution in [0.2, 0.25) is 0 Å². The molecule has 0 aliphatic carbocycles. The molecular weight excluding hydrogens is 302 g/mol. The molecule has 0 amide bonds. The fourth-order valence-corrected chi connectivity index (χ4v) is 2.10. The van der Waals surface area contributed by atoms with Crippen LogP contribution in [0.1, 0.15) is 37.7 Å². The van der Waals surface area contributed by atoms with Crippen molar-refractivity contribution in [1.29, 1.82) is 0 Å². The van der Waals surface area contributed by atoms with Crippen molar-refractivity contribution in [1.82, 2.24) is 10.6 Å². The third-order valence-electron chi connectivity index (χ3n) is 3.38. The van der Waals surface area contributed by atoms with Crippen LogP contribution < -0.4 is 10.6 Å². The molecule has 24 heavy (non-hydrogen) atoms. The molecule has 0 aliphatic heterocycles. The molecule has 1 heterocycles. The lowest BCUT2D eigenvalue weighted by molar-refractivity contribution is 0.0657. The minimum Gasteiger partial charge on any atom is -0.467 e. The topological polar surface area (TPSA) is 58.8 Å². The van der Waals surface area contributed by atoms with E-state index >= 15 is 0 Å². The second-order valence-corrected chi connectivity index (χ2v) is 5.80. The van der Waals surface area contributed by atoms with E-state index in [9.17, 15) is 0 Å². The van der Waals surface area contributed by atoms with Crippen molar-refractivity contribution in [2.75, 3.05) is 6.54 Å². The first-order valence-corrected chi connectivity index (χ1v) is 8.41. The third kappa shape index (κ3) is 6.46. The van der Waals surface area contributed by atoms with Crippen LogP contribution in [0, 0.1) is 0 Å². The van der Waals surface area contributed by atoms with Gasteiger partial charge in [-0.05, 0) is 44.0 Å². The lowest BCUT2D eigenvalue weighted by atomic mass is 10.1. The summed E-state index contributed by atoms with van der Waals surface area (Å²) in [6.07, 6.45) is 1.92. The molecular formula is C19H27N3O2. The van der Waals surface area contributed by atoms with Gasteiger partial charge in [0.25, 0.3) is 0 Å².